The molecular formula is C16H9O10P. The predicted octanol–water partition coefficient (Wildman–Crippen LogP) is 2.59. The van der Waals surface area contributed by atoms with Crippen molar-refractivity contribution in [3.05, 3.63) is 58.7 Å². The minimum absolute atomic E-state index is 0.263. The topological polar surface area (TPSA) is 165 Å². The Balaban J connectivity index is 2.46. The predicted molar refractivity (Wildman–Crippen MR) is 87.0 cm³/mol. The van der Waals surface area contributed by atoms with Gasteiger partial charge in [0.2, 0.25) is 0 Å². The number of esters is 1. The third-order valence-corrected chi connectivity index (χ3v) is 3.51. The minimum Gasteiger partial charge on any atom is -0.478 e. The molecule has 0 amide bonds. The van der Waals surface area contributed by atoms with Crippen LogP contribution in [0, 0.1) is 0 Å². The van der Waals surface area contributed by atoms with Crippen LogP contribution in [0.15, 0.2) is 36.4 Å². The van der Waals surface area contributed by atoms with E-state index >= 15 is 0 Å². The van der Waals surface area contributed by atoms with Gasteiger partial charge in [-0.1, -0.05) is 0 Å². The van der Waals surface area contributed by atoms with E-state index in [0.717, 1.165) is 36.4 Å². The highest BCUT2D eigenvalue weighted by Gasteiger charge is 2.22. The average Bonchev–Trinajstić information content (AvgIpc) is 2.61. The van der Waals surface area contributed by atoms with E-state index in [0.29, 0.717) is 0 Å². The zero-order chi connectivity index (χ0) is 20.1. The second kappa shape index (κ2) is 8.07. The molecular weight excluding hydrogens is 383 g/mol. The maximum atomic E-state index is 12.4. The summed E-state index contributed by atoms with van der Waals surface area (Å²) < 4.78 is 20.3. The molecule has 2 aromatic rings. The number of rotatable bonds is 7. The van der Waals surface area contributed by atoms with Gasteiger partial charge in [-0.2, -0.15) is 0 Å². The summed E-state index contributed by atoms with van der Waals surface area (Å²) in [5.41, 5.74) is -1.65. The van der Waals surface area contributed by atoms with Crippen LogP contribution in [0.2, 0.25) is 0 Å². The van der Waals surface area contributed by atoms with Crippen molar-refractivity contribution in [2.75, 3.05) is 0 Å². The largest absolute Gasteiger partial charge is 0.478 e. The Bertz CT molecular complexity index is 966. The first-order chi connectivity index (χ1) is 12.7. The zero-order valence-electron chi connectivity index (χ0n) is 13.1. The molecule has 11 heteroatoms. The van der Waals surface area contributed by atoms with Crippen molar-refractivity contribution in [3.63, 3.8) is 0 Å². The molecule has 3 N–H and O–H groups in total. The standard InChI is InChI=1S/C16H9O10P/c17-13(18)7-1-3-11(9(5-7)15(21)22)25-16(23)10-6-8(14(19)20)2-4-12(10)26-27-24/h1-6H,(H,17,18)(H,19,20)(H,21,22). The van der Waals surface area contributed by atoms with Gasteiger partial charge in [-0.05, 0) is 36.4 Å². The van der Waals surface area contributed by atoms with Gasteiger partial charge in [-0.3, -0.25) is 0 Å². The molecule has 0 aromatic heterocycles. The van der Waals surface area contributed by atoms with Gasteiger partial charge in [0.1, 0.15) is 22.6 Å². The van der Waals surface area contributed by atoms with Gasteiger partial charge in [0.15, 0.2) is 0 Å². The van der Waals surface area contributed by atoms with E-state index in [1.807, 2.05) is 0 Å². The third kappa shape index (κ3) is 4.44. The summed E-state index contributed by atoms with van der Waals surface area (Å²) in [4.78, 5) is 45.7. The van der Waals surface area contributed by atoms with Crippen LogP contribution in [0.5, 0.6) is 11.5 Å². The van der Waals surface area contributed by atoms with Crippen LogP contribution in [0.3, 0.4) is 0 Å². The smallest absolute Gasteiger partial charge is 0.395 e. The van der Waals surface area contributed by atoms with Gasteiger partial charge in [0, 0.05) is 0 Å². The molecule has 0 fully saturated rings. The molecule has 2 rings (SSSR count). The Morgan fingerprint density at radius 2 is 1.26 bits per heavy atom. The highest BCUT2D eigenvalue weighted by molar-refractivity contribution is 7.17. The fourth-order valence-corrected chi connectivity index (χ4v) is 2.26. The maximum Gasteiger partial charge on any atom is 0.395 e. The van der Waals surface area contributed by atoms with Crippen LogP contribution in [0.25, 0.3) is 0 Å². The first kappa shape index (κ1) is 19.5. The number of benzene rings is 2. The van der Waals surface area contributed by atoms with Crippen LogP contribution in [-0.2, 0) is 4.57 Å². The van der Waals surface area contributed by atoms with Crippen molar-refractivity contribution in [3.8, 4) is 11.5 Å². The summed E-state index contributed by atoms with van der Waals surface area (Å²) in [6.45, 7) is 0. The van der Waals surface area contributed by atoms with Gasteiger partial charge in [0.05, 0.1) is 11.1 Å². The Hall–Kier alpha value is -3.78. The van der Waals surface area contributed by atoms with Gasteiger partial charge in [-0.15, -0.1) is 0 Å². The van der Waals surface area contributed by atoms with Gasteiger partial charge < -0.3 is 24.6 Å². The summed E-state index contributed by atoms with van der Waals surface area (Å²) in [6, 6.07) is 5.88. The molecule has 0 radical (unpaired) electrons. The monoisotopic (exact) mass is 392 g/mol. The molecule has 0 bridgehead atoms. The number of carbonyl (C=O) groups excluding carboxylic acids is 1. The summed E-state index contributed by atoms with van der Waals surface area (Å²) in [5, 5.41) is 27.1. The zero-order valence-corrected chi connectivity index (χ0v) is 14.0. The van der Waals surface area contributed by atoms with Gasteiger partial charge in [0.25, 0.3) is 0 Å². The lowest BCUT2D eigenvalue weighted by Gasteiger charge is -2.10. The normalized spacial score (nSPS) is 10.2. The second-order valence-electron chi connectivity index (χ2n) is 4.89. The molecule has 2 aromatic carbocycles. The van der Waals surface area contributed by atoms with E-state index in [9.17, 15) is 28.8 Å². The van der Waals surface area contributed by atoms with Crippen LogP contribution >= 0.6 is 8.69 Å². The third-order valence-electron chi connectivity index (χ3n) is 3.24. The molecule has 0 unspecified atom stereocenters. The van der Waals surface area contributed by atoms with E-state index < -0.39 is 49.4 Å². The Morgan fingerprint density at radius 1 is 0.741 bits per heavy atom. The number of hydrogen-bond acceptors (Lipinski definition) is 7. The van der Waals surface area contributed by atoms with Crippen molar-refractivity contribution in [2.45, 2.75) is 0 Å². The van der Waals surface area contributed by atoms with Crippen LogP contribution < -0.4 is 9.26 Å². The van der Waals surface area contributed by atoms with Gasteiger partial charge >= 0.3 is 32.6 Å². The molecule has 0 aliphatic carbocycles. The molecule has 0 saturated carbocycles. The van der Waals surface area contributed by atoms with E-state index in [-0.39, 0.29) is 16.9 Å². The number of carboxylic acids is 3. The molecule has 138 valence electrons. The fraction of sp³-hybridized carbons (Fsp3) is 0. The van der Waals surface area contributed by atoms with Crippen molar-refractivity contribution >= 4 is 32.6 Å². The summed E-state index contributed by atoms with van der Waals surface area (Å²) in [7, 11) is -0.818. The summed E-state index contributed by atoms with van der Waals surface area (Å²) in [6.07, 6.45) is 0. The fourth-order valence-electron chi connectivity index (χ4n) is 2.02. The van der Waals surface area contributed by atoms with Gasteiger partial charge in [-0.25, -0.2) is 23.7 Å². The Labute approximate surface area is 151 Å². The van der Waals surface area contributed by atoms with E-state index in [2.05, 4.69) is 4.52 Å². The van der Waals surface area contributed by atoms with Crippen LogP contribution in [0.1, 0.15) is 41.4 Å². The minimum atomic E-state index is -1.55. The molecule has 0 spiro atoms. The Kier molecular flexibility index (Phi) is 5.84. The second-order valence-corrected chi connectivity index (χ2v) is 5.22. The molecule has 0 aliphatic rings. The lowest BCUT2D eigenvalue weighted by atomic mass is 10.1. The number of hydrogen-bond donors (Lipinski definition) is 3. The molecule has 10 nitrogen and oxygen atoms in total. The van der Waals surface area contributed by atoms with Crippen molar-refractivity contribution in [1.29, 1.82) is 0 Å². The molecule has 0 aliphatic heterocycles. The van der Waals surface area contributed by atoms with E-state index in [1.54, 1.807) is 0 Å². The first-order valence-corrected chi connectivity index (χ1v) is 7.67. The highest BCUT2D eigenvalue weighted by Crippen LogP contribution is 2.27. The van der Waals surface area contributed by atoms with Crippen LogP contribution in [0.4, 0.5) is 0 Å². The Morgan fingerprint density at radius 3 is 1.74 bits per heavy atom. The molecule has 0 heterocycles. The summed E-state index contributed by atoms with van der Waals surface area (Å²) in [5.74, 6) is -6.21. The average molecular weight is 392 g/mol. The molecule has 27 heavy (non-hydrogen) atoms. The van der Waals surface area contributed by atoms with Crippen LogP contribution in [-0.4, -0.2) is 39.2 Å². The number of aromatic carboxylic acids is 3. The number of carboxylic acid groups (broad SMARTS) is 3. The SMILES string of the molecule is O=POc1ccc(C(=O)O)cc1C(=O)Oc1ccc(C(=O)O)cc1C(=O)O. The van der Waals surface area contributed by atoms with Crippen molar-refractivity contribution < 1.29 is 48.3 Å². The van der Waals surface area contributed by atoms with Crippen molar-refractivity contribution in [1.82, 2.24) is 0 Å². The molecule has 0 atom stereocenters. The van der Waals surface area contributed by atoms with E-state index in [4.69, 9.17) is 14.9 Å². The maximum absolute atomic E-state index is 12.4. The van der Waals surface area contributed by atoms with E-state index in [1.165, 1.54) is 0 Å². The number of carbonyl (C=O) groups is 4. The molecule has 0 saturated heterocycles. The first-order valence-electron chi connectivity index (χ1n) is 6.94. The summed E-state index contributed by atoms with van der Waals surface area (Å²) >= 11 is 0. The lowest BCUT2D eigenvalue weighted by molar-refractivity contribution is 0.0676. The number of ether oxygens (including phenoxy) is 1. The lowest BCUT2D eigenvalue weighted by Crippen LogP contribution is -2.14. The quantitative estimate of drug-likeness (QED) is 0.362. The highest BCUT2D eigenvalue weighted by atomic mass is 31.1. The van der Waals surface area contributed by atoms with Crippen molar-refractivity contribution in [2.24, 2.45) is 0 Å².